The summed E-state index contributed by atoms with van der Waals surface area (Å²) in [6.07, 6.45) is 6.76. The van der Waals surface area contributed by atoms with Gasteiger partial charge in [-0.25, -0.2) is 4.68 Å². The van der Waals surface area contributed by atoms with Crippen LogP contribution in [0.25, 0.3) is 16.9 Å². The van der Waals surface area contributed by atoms with Gasteiger partial charge >= 0.3 is 0 Å². The Bertz CT molecular complexity index is 1000. The summed E-state index contributed by atoms with van der Waals surface area (Å²) in [7, 11) is 2.11. The number of aryl methyl sites for hydroxylation is 1. The molecule has 2 fully saturated rings. The Kier molecular flexibility index (Phi) is 4.47. The minimum Gasteiger partial charge on any atom is -0.507 e. The highest BCUT2D eigenvalue weighted by Crippen LogP contribution is 2.32. The number of hydrogen-bond donors (Lipinski definition) is 2. The molecule has 5 rings (SSSR count). The van der Waals surface area contributed by atoms with Crippen LogP contribution < -0.4 is 10.2 Å². The number of rotatable bonds is 4. The molecule has 0 saturated carbocycles. The summed E-state index contributed by atoms with van der Waals surface area (Å²) in [4.78, 5) is 2.26. The highest BCUT2D eigenvalue weighted by Gasteiger charge is 2.35. The van der Waals surface area contributed by atoms with Crippen molar-refractivity contribution in [2.75, 3.05) is 11.9 Å². The monoisotopic (exact) mass is 390 g/mol. The number of benzene rings is 1. The first-order chi connectivity index (χ1) is 14.1. The third-order valence-corrected chi connectivity index (χ3v) is 6.25. The first-order valence-electron chi connectivity index (χ1n) is 10.3. The standard InChI is InChI=1S/C22H26N6O/c1-14-9-10-28(26-14)17-5-6-19(21(29)13-17)20-7-8-22(25-24-20)27(2)18-11-15-3-4-16(12-18)23-15/h5-10,13,15-16,18,23,29H,3-4,11-12H2,1-2H3/t15-,16+,18+. The van der Waals surface area contributed by atoms with Crippen molar-refractivity contribution in [3.05, 3.63) is 48.3 Å². The van der Waals surface area contributed by atoms with Crippen LogP contribution >= 0.6 is 0 Å². The van der Waals surface area contributed by atoms with Crippen LogP contribution in [0.5, 0.6) is 5.75 Å². The molecule has 3 atom stereocenters. The first kappa shape index (κ1) is 18.1. The Morgan fingerprint density at radius 2 is 1.86 bits per heavy atom. The molecule has 2 bridgehead atoms. The predicted octanol–water partition coefficient (Wildman–Crippen LogP) is 3.06. The van der Waals surface area contributed by atoms with Crippen LogP contribution in [0, 0.1) is 6.92 Å². The number of nitrogens with zero attached hydrogens (tertiary/aromatic N) is 5. The zero-order valence-corrected chi connectivity index (χ0v) is 16.8. The number of aromatic nitrogens is 4. The molecule has 7 nitrogen and oxygen atoms in total. The second-order valence-electron chi connectivity index (χ2n) is 8.25. The lowest BCUT2D eigenvalue weighted by Crippen LogP contribution is -2.47. The van der Waals surface area contributed by atoms with Gasteiger partial charge in [-0.3, -0.25) is 0 Å². The van der Waals surface area contributed by atoms with Gasteiger partial charge in [0.25, 0.3) is 0 Å². The van der Waals surface area contributed by atoms with E-state index in [4.69, 9.17) is 0 Å². The fraction of sp³-hybridized carbons (Fsp3) is 0.409. The van der Waals surface area contributed by atoms with Crippen molar-refractivity contribution in [3.8, 4) is 22.7 Å². The fourth-order valence-electron chi connectivity index (χ4n) is 4.63. The second-order valence-corrected chi connectivity index (χ2v) is 8.25. The maximum atomic E-state index is 10.5. The van der Waals surface area contributed by atoms with Crippen molar-refractivity contribution in [2.45, 2.75) is 50.7 Å². The molecule has 4 heterocycles. The van der Waals surface area contributed by atoms with E-state index < -0.39 is 0 Å². The van der Waals surface area contributed by atoms with Gasteiger partial charge in [-0.2, -0.15) is 5.10 Å². The average molecular weight is 390 g/mol. The topological polar surface area (TPSA) is 79.1 Å². The van der Waals surface area contributed by atoms with Gasteiger partial charge in [-0.05, 0) is 62.9 Å². The Morgan fingerprint density at radius 1 is 1.07 bits per heavy atom. The van der Waals surface area contributed by atoms with Gasteiger partial charge in [0.15, 0.2) is 5.82 Å². The Balaban J connectivity index is 1.34. The van der Waals surface area contributed by atoms with E-state index in [1.54, 1.807) is 10.7 Å². The van der Waals surface area contributed by atoms with Crippen LogP contribution in [0.2, 0.25) is 0 Å². The number of hydrogen-bond acceptors (Lipinski definition) is 6. The van der Waals surface area contributed by atoms with Gasteiger partial charge in [0.2, 0.25) is 0 Å². The maximum Gasteiger partial charge on any atom is 0.151 e. The quantitative estimate of drug-likeness (QED) is 0.713. The number of nitrogens with one attached hydrogen (secondary N) is 1. The van der Waals surface area contributed by atoms with Crippen LogP contribution in [-0.2, 0) is 0 Å². The van der Waals surface area contributed by atoms with Crippen molar-refractivity contribution >= 4 is 5.82 Å². The van der Waals surface area contributed by atoms with E-state index in [9.17, 15) is 5.11 Å². The number of fused-ring (bicyclic) bond motifs is 2. The van der Waals surface area contributed by atoms with E-state index >= 15 is 0 Å². The largest absolute Gasteiger partial charge is 0.507 e. The molecule has 7 heteroatoms. The molecule has 3 aromatic rings. The minimum absolute atomic E-state index is 0.168. The molecule has 2 aromatic heterocycles. The number of phenolic OH excluding ortho intramolecular Hbond substituents is 1. The van der Waals surface area contributed by atoms with E-state index in [0.717, 1.165) is 30.0 Å². The van der Waals surface area contributed by atoms with E-state index in [1.165, 1.54) is 12.8 Å². The molecule has 0 unspecified atom stereocenters. The predicted molar refractivity (Wildman–Crippen MR) is 112 cm³/mol. The molecular weight excluding hydrogens is 364 g/mol. The summed E-state index contributed by atoms with van der Waals surface area (Å²) in [5.74, 6) is 1.05. The maximum absolute atomic E-state index is 10.5. The Labute approximate surface area is 170 Å². The summed E-state index contributed by atoms with van der Waals surface area (Å²) >= 11 is 0. The number of phenols is 1. The minimum atomic E-state index is 0.168. The van der Waals surface area contributed by atoms with E-state index in [2.05, 4.69) is 32.6 Å². The van der Waals surface area contributed by atoms with Crippen LogP contribution in [0.4, 0.5) is 5.82 Å². The van der Waals surface area contributed by atoms with E-state index in [-0.39, 0.29) is 5.75 Å². The highest BCUT2D eigenvalue weighted by atomic mass is 16.3. The number of anilines is 1. The Morgan fingerprint density at radius 3 is 2.48 bits per heavy atom. The van der Waals surface area contributed by atoms with Crippen molar-refractivity contribution in [2.24, 2.45) is 0 Å². The summed E-state index contributed by atoms with van der Waals surface area (Å²) < 4.78 is 1.74. The summed E-state index contributed by atoms with van der Waals surface area (Å²) in [5, 5.41) is 27.4. The lowest BCUT2D eigenvalue weighted by atomic mass is 9.98. The van der Waals surface area contributed by atoms with Gasteiger partial charge in [-0.1, -0.05) is 0 Å². The molecule has 0 radical (unpaired) electrons. The summed E-state index contributed by atoms with van der Waals surface area (Å²) in [6, 6.07) is 13.1. The molecule has 1 aromatic carbocycles. The van der Waals surface area contributed by atoms with Gasteiger partial charge in [0.1, 0.15) is 5.75 Å². The van der Waals surface area contributed by atoms with Gasteiger partial charge in [-0.15, -0.1) is 10.2 Å². The van der Waals surface area contributed by atoms with Crippen LogP contribution in [0.15, 0.2) is 42.6 Å². The molecule has 2 N–H and O–H groups in total. The van der Waals surface area contributed by atoms with Crippen LogP contribution in [0.3, 0.4) is 0 Å². The molecule has 0 spiro atoms. The fourth-order valence-corrected chi connectivity index (χ4v) is 4.63. The van der Waals surface area contributed by atoms with Crippen molar-refractivity contribution in [1.29, 1.82) is 0 Å². The Hall–Kier alpha value is -2.93. The van der Waals surface area contributed by atoms with E-state index in [1.807, 2.05) is 43.5 Å². The molecule has 0 aliphatic carbocycles. The number of piperidine rings is 1. The van der Waals surface area contributed by atoms with Crippen molar-refractivity contribution < 1.29 is 5.11 Å². The van der Waals surface area contributed by atoms with Crippen molar-refractivity contribution in [1.82, 2.24) is 25.3 Å². The highest BCUT2D eigenvalue weighted by molar-refractivity contribution is 5.69. The molecule has 150 valence electrons. The zero-order valence-electron chi connectivity index (χ0n) is 16.8. The van der Waals surface area contributed by atoms with Gasteiger partial charge in [0.05, 0.1) is 17.1 Å². The molecule has 2 aliphatic rings. The lowest BCUT2D eigenvalue weighted by molar-refractivity contribution is 0.353. The average Bonchev–Trinajstić information content (AvgIpc) is 3.32. The molecular formula is C22H26N6O. The summed E-state index contributed by atoms with van der Waals surface area (Å²) in [5.41, 5.74) is 3.07. The number of aromatic hydroxyl groups is 1. The third-order valence-electron chi connectivity index (χ3n) is 6.25. The normalized spacial score (nSPS) is 23.3. The van der Waals surface area contributed by atoms with Gasteiger partial charge in [0, 0.05) is 43.0 Å². The SMILES string of the molecule is Cc1ccn(-c2ccc(-c3ccc(N(C)[C@H]4C[C@H]5CC[C@@H](C4)N5)nn3)c(O)c2)n1. The van der Waals surface area contributed by atoms with Crippen molar-refractivity contribution in [3.63, 3.8) is 0 Å². The first-order valence-corrected chi connectivity index (χ1v) is 10.3. The smallest absolute Gasteiger partial charge is 0.151 e. The summed E-state index contributed by atoms with van der Waals surface area (Å²) in [6.45, 7) is 1.94. The van der Waals surface area contributed by atoms with E-state index in [0.29, 0.717) is 29.4 Å². The second kappa shape index (κ2) is 7.15. The van der Waals surface area contributed by atoms with Gasteiger partial charge < -0.3 is 15.3 Å². The third kappa shape index (κ3) is 3.46. The lowest BCUT2D eigenvalue weighted by Gasteiger charge is -2.36. The molecule has 0 amide bonds. The van der Waals surface area contributed by atoms with Crippen LogP contribution in [0.1, 0.15) is 31.4 Å². The molecule has 2 saturated heterocycles. The molecule has 29 heavy (non-hydrogen) atoms. The van der Waals surface area contributed by atoms with Crippen LogP contribution in [-0.4, -0.2) is 50.3 Å². The zero-order chi connectivity index (χ0) is 20.0. The molecule has 2 aliphatic heterocycles.